The SMILES string of the molecule is CC(=O)O[C@H]1CC[C@]2(C)C3=CCC4C(C5C[C@H](CC(C)(C)O)O[C@@H]5O)CCC4(C)[C@]3(C)C(O)CC2C1(C)C. The van der Waals surface area contributed by atoms with Crippen molar-refractivity contribution in [2.45, 2.75) is 137 Å². The smallest absolute Gasteiger partial charge is 0.302 e. The van der Waals surface area contributed by atoms with Crippen LogP contribution in [0.1, 0.15) is 107 Å². The summed E-state index contributed by atoms with van der Waals surface area (Å²) >= 11 is 0. The van der Waals surface area contributed by atoms with E-state index in [1.165, 1.54) is 12.5 Å². The van der Waals surface area contributed by atoms with E-state index < -0.39 is 18.0 Å². The van der Waals surface area contributed by atoms with Crippen molar-refractivity contribution in [1.29, 1.82) is 0 Å². The lowest BCUT2D eigenvalue weighted by molar-refractivity contribution is -0.190. The van der Waals surface area contributed by atoms with Crippen molar-refractivity contribution in [1.82, 2.24) is 0 Å². The van der Waals surface area contributed by atoms with Gasteiger partial charge in [-0.1, -0.05) is 46.3 Å². The average molecular weight is 533 g/mol. The molecule has 3 saturated carbocycles. The summed E-state index contributed by atoms with van der Waals surface area (Å²) in [5.41, 5.74) is -0.0745. The Bertz CT molecular complexity index is 981. The fourth-order valence-electron chi connectivity index (χ4n) is 10.7. The monoisotopic (exact) mass is 532 g/mol. The van der Waals surface area contributed by atoms with Crippen LogP contribution < -0.4 is 0 Å². The predicted octanol–water partition coefficient (Wildman–Crippen LogP) is 5.38. The van der Waals surface area contributed by atoms with Crippen molar-refractivity contribution in [2.75, 3.05) is 0 Å². The Labute approximate surface area is 229 Å². The van der Waals surface area contributed by atoms with E-state index in [4.69, 9.17) is 9.47 Å². The van der Waals surface area contributed by atoms with Crippen LogP contribution in [0.2, 0.25) is 0 Å². The molecule has 4 fully saturated rings. The fraction of sp³-hybridized carbons (Fsp3) is 0.906. The van der Waals surface area contributed by atoms with Gasteiger partial charge in [0.2, 0.25) is 0 Å². The minimum atomic E-state index is -0.820. The summed E-state index contributed by atoms with van der Waals surface area (Å²) in [6, 6.07) is 0. The molecule has 3 N–H and O–H groups in total. The highest BCUT2D eigenvalue weighted by molar-refractivity contribution is 5.66. The van der Waals surface area contributed by atoms with E-state index in [0.717, 1.165) is 38.5 Å². The molecule has 0 radical (unpaired) electrons. The van der Waals surface area contributed by atoms with E-state index in [2.05, 4.69) is 40.7 Å². The van der Waals surface area contributed by atoms with Gasteiger partial charge in [0, 0.05) is 30.1 Å². The molecule has 1 saturated heterocycles. The standard InChI is InChI=1S/C32H52O6/c1-18(33)37-26-12-13-30(6)23-10-9-22-20(21-15-19(38-27(21)35)17-28(2,3)36)11-14-31(22,7)32(23,8)25(34)16-24(30)29(26,4)5/h10,19-22,24-27,34-36H,9,11-17H2,1-8H3/t19-,20?,21?,22?,24?,25?,26+,27+,30-,31?,32+/m1/s1. The first-order valence-corrected chi connectivity index (χ1v) is 15.1. The Balaban J connectivity index is 1.45. The Morgan fingerprint density at radius 3 is 2.39 bits per heavy atom. The molecule has 4 aliphatic carbocycles. The second-order valence-electron chi connectivity index (χ2n) is 15.5. The lowest BCUT2D eigenvalue weighted by Gasteiger charge is -2.68. The molecule has 6 heteroatoms. The molecular formula is C32H52O6. The van der Waals surface area contributed by atoms with E-state index in [9.17, 15) is 20.1 Å². The molecule has 1 aliphatic heterocycles. The maximum Gasteiger partial charge on any atom is 0.302 e. The van der Waals surface area contributed by atoms with Crippen LogP contribution in [0.15, 0.2) is 11.6 Å². The van der Waals surface area contributed by atoms with Gasteiger partial charge in [0.25, 0.3) is 0 Å². The number of hydrogen-bond donors (Lipinski definition) is 3. The summed E-state index contributed by atoms with van der Waals surface area (Å²) < 4.78 is 11.8. The molecule has 0 aromatic carbocycles. The number of aliphatic hydroxyl groups is 3. The molecule has 0 aromatic rings. The zero-order valence-corrected chi connectivity index (χ0v) is 24.9. The van der Waals surface area contributed by atoms with Crippen LogP contribution >= 0.6 is 0 Å². The summed E-state index contributed by atoms with van der Waals surface area (Å²) in [5, 5.41) is 33.4. The summed E-state index contributed by atoms with van der Waals surface area (Å²) in [6.45, 7) is 16.7. The Morgan fingerprint density at radius 2 is 1.76 bits per heavy atom. The molecule has 216 valence electrons. The van der Waals surface area contributed by atoms with Gasteiger partial charge < -0.3 is 24.8 Å². The van der Waals surface area contributed by atoms with Crippen molar-refractivity contribution in [3.05, 3.63) is 11.6 Å². The van der Waals surface area contributed by atoms with Gasteiger partial charge in [-0.05, 0) is 87.4 Å². The number of fused-ring (bicyclic) bond motifs is 5. The number of ether oxygens (including phenoxy) is 2. The third kappa shape index (κ3) is 4.06. The number of esters is 1. The predicted molar refractivity (Wildman–Crippen MR) is 146 cm³/mol. The fourth-order valence-corrected chi connectivity index (χ4v) is 10.7. The summed E-state index contributed by atoms with van der Waals surface area (Å²) in [7, 11) is 0. The Morgan fingerprint density at radius 1 is 1.08 bits per heavy atom. The molecule has 0 amide bonds. The first-order chi connectivity index (χ1) is 17.4. The van der Waals surface area contributed by atoms with Crippen LogP contribution in [-0.4, -0.2) is 51.5 Å². The largest absolute Gasteiger partial charge is 0.462 e. The highest BCUT2D eigenvalue weighted by Gasteiger charge is 2.69. The van der Waals surface area contributed by atoms with Crippen LogP contribution in [0.3, 0.4) is 0 Å². The highest BCUT2D eigenvalue weighted by Crippen LogP contribution is 2.74. The van der Waals surface area contributed by atoms with E-state index >= 15 is 0 Å². The molecule has 5 aliphatic rings. The highest BCUT2D eigenvalue weighted by atomic mass is 16.6. The molecule has 0 aromatic heterocycles. The molecule has 5 rings (SSSR count). The molecule has 0 spiro atoms. The quantitative estimate of drug-likeness (QED) is 0.332. The van der Waals surface area contributed by atoms with Crippen molar-refractivity contribution >= 4 is 5.97 Å². The zero-order chi connectivity index (χ0) is 28.1. The Kier molecular flexibility index (Phi) is 6.79. The van der Waals surface area contributed by atoms with Gasteiger partial charge in [-0.3, -0.25) is 4.79 Å². The van der Waals surface area contributed by atoms with Crippen LogP contribution in [0.4, 0.5) is 0 Å². The second-order valence-corrected chi connectivity index (χ2v) is 15.5. The topological polar surface area (TPSA) is 96.2 Å². The van der Waals surface area contributed by atoms with Gasteiger partial charge in [-0.15, -0.1) is 0 Å². The van der Waals surface area contributed by atoms with Gasteiger partial charge in [0.1, 0.15) is 6.10 Å². The molecule has 11 atom stereocenters. The normalized spacial score (nSPS) is 50.0. The first kappa shape index (κ1) is 28.6. The van der Waals surface area contributed by atoms with E-state index in [-0.39, 0.29) is 51.7 Å². The summed E-state index contributed by atoms with van der Waals surface area (Å²) in [5.74, 6) is 0.785. The third-order valence-corrected chi connectivity index (χ3v) is 12.6. The summed E-state index contributed by atoms with van der Waals surface area (Å²) in [6.07, 6.45) is 7.83. The van der Waals surface area contributed by atoms with E-state index in [1.807, 2.05) is 0 Å². The minimum absolute atomic E-state index is 0.0476. The number of rotatable bonds is 4. The minimum Gasteiger partial charge on any atom is -0.462 e. The summed E-state index contributed by atoms with van der Waals surface area (Å²) in [4.78, 5) is 11.9. The third-order valence-electron chi connectivity index (χ3n) is 12.6. The van der Waals surface area contributed by atoms with Gasteiger partial charge >= 0.3 is 5.97 Å². The van der Waals surface area contributed by atoms with Crippen LogP contribution in [0.5, 0.6) is 0 Å². The number of carbonyl (C=O) groups excluding carboxylic acids is 1. The molecule has 1 heterocycles. The maximum absolute atomic E-state index is 12.1. The lowest BCUT2D eigenvalue weighted by atomic mass is 9.38. The van der Waals surface area contributed by atoms with Gasteiger partial charge in [-0.2, -0.15) is 0 Å². The van der Waals surface area contributed by atoms with Crippen LogP contribution in [-0.2, 0) is 14.3 Å². The Hall–Kier alpha value is -0.950. The second kappa shape index (κ2) is 9.03. The van der Waals surface area contributed by atoms with Crippen molar-refractivity contribution < 1.29 is 29.6 Å². The van der Waals surface area contributed by atoms with E-state index in [1.54, 1.807) is 13.8 Å². The first-order valence-electron chi connectivity index (χ1n) is 15.1. The van der Waals surface area contributed by atoms with Crippen LogP contribution in [0.25, 0.3) is 0 Å². The number of allylic oxidation sites excluding steroid dienone is 1. The number of aliphatic hydroxyl groups excluding tert-OH is 2. The molecule has 6 nitrogen and oxygen atoms in total. The van der Waals surface area contributed by atoms with Gasteiger partial charge in [0.15, 0.2) is 6.29 Å². The van der Waals surface area contributed by atoms with Crippen molar-refractivity contribution in [2.24, 2.45) is 45.3 Å². The molecular weight excluding hydrogens is 480 g/mol. The van der Waals surface area contributed by atoms with E-state index in [0.29, 0.717) is 24.7 Å². The van der Waals surface area contributed by atoms with Crippen molar-refractivity contribution in [3.63, 3.8) is 0 Å². The van der Waals surface area contributed by atoms with Crippen LogP contribution in [0, 0.1) is 45.3 Å². The molecule has 6 unspecified atom stereocenters. The average Bonchev–Trinajstić information content (AvgIpc) is 3.31. The van der Waals surface area contributed by atoms with Gasteiger partial charge in [-0.25, -0.2) is 0 Å². The lowest BCUT2D eigenvalue weighted by Crippen LogP contribution is -2.64. The van der Waals surface area contributed by atoms with Gasteiger partial charge in [0.05, 0.1) is 17.8 Å². The number of hydrogen-bond acceptors (Lipinski definition) is 6. The number of carbonyl (C=O) groups is 1. The van der Waals surface area contributed by atoms with Crippen molar-refractivity contribution in [3.8, 4) is 0 Å². The molecule has 0 bridgehead atoms. The molecule has 38 heavy (non-hydrogen) atoms. The maximum atomic E-state index is 12.1. The zero-order valence-electron chi connectivity index (χ0n) is 24.9.